The lowest BCUT2D eigenvalue weighted by atomic mass is 10.5. The second kappa shape index (κ2) is 1.80. The molecule has 0 spiro atoms. The Bertz CT molecular complexity index is 185. The normalized spacial score (nSPS) is 13.1. The SMILES string of the molecule is [2H]OCc1ccc([2H])o1. The van der Waals surface area contributed by atoms with E-state index in [0.29, 0.717) is 5.76 Å². The summed E-state index contributed by atoms with van der Waals surface area (Å²) in [5.74, 6) is 0.509. The quantitative estimate of drug-likeness (QED) is 0.595. The highest BCUT2D eigenvalue weighted by molar-refractivity contribution is 4.95. The van der Waals surface area contributed by atoms with Crippen molar-refractivity contribution >= 4 is 0 Å². The van der Waals surface area contributed by atoms with Crippen LogP contribution in [0.3, 0.4) is 0 Å². The number of aliphatic hydroxyl groups is 1. The van der Waals surface area contributed by atoms with Crippen molar-refractivity contribution < 1.29 is 10.9 Å². The van der Waals surface area contributed by atoms with E-state index in [1.807, 2.05) is 0 Å². The van der Waals surface area contributed by atoms with Crippen LogP contribution in [0.15, 0.2) is 22.8 Å². The van der Waals surface area contributed by atoms with Gasteiger partial charge < -0.3 is 9.53 Å². The molecule has 1 rings (SSSR count). The van der Waals surface area contributed by atoms with Gasteiger partial charge in [0.05, 0.1) is 6.24 Å². The van der Waals surface area contributed by atoms with E-state index in [9.17, 15) is 0 Å². The summed E-state index contributed by atoms with van der Waals surface area (Å²) >= 11 is 0. The summed E-state index contributed by atoms with van der Waals surface area (Å²) < 4.78 is 18.0. The highest BCUT2D eigenvalue weighted by Crippen LogP contribution is 1.96. The number of rotatable bonds is 2. The first-order chi connectivity index (χ1) is 4.33. The average molecular weight is 100 g/mol. The Morgan fingerprint density at radius 1 is 2.14 bits per heavy atom. The molecule has 1 N–H and O–H groups in total. The second-order valence-corrected chi connectivity index (χ2v) is 1.16. The number of hydrogen-bond acceptors (Lipinski definition) is 2. The fraction of sp³-hybridized carbons (Fsp3) is 0.200. The topological polar surface area (TPSA) is 33.4 Å². The minimum Gasteiger partial charge on any atom is -0.467 e. The van der Waals surface area contributed by atoms with Crippen LogP contribution in [0.5, 0.6) is 0 Å². The van der Waals surface area contributed by atoms with E-state index in [4.69, 9.17) is 7.22 Å². The zero-order valence-electron chi connectivity index (χ0n) is 5.68. The van der Waals surface area contributed by atoms with Gasteiger partial charge in [0.25, 0.3) is 0 Å². The molecule has 0 fully saturated rings. The molecule has 0 saturated heterocycles. The van der Waals surface area contributed by atoms with Gasteiger partial charge in [0.15, 0.2) is 0 Å². The van der Waals surface area contributed by atoms with Crippen LogP contribution in [-0.4, -0.2) is 6.54 Å². The predicted molar refractivity (Wildman–Crippen MR) is 24.6 cm³/mol. The molecule has 7 heavy (non-hydrogen) atoms. The maximum Gasteiger partial charge on any atom is 0.211 e. The maximum atomic E-state index is 6.91. The van der Waals surface area contributed by atoms with Crippen molar-refractivity contribution in [1.29, 1.82) is 1.43 Å². The molecular weight excluding hydrogens is 92.1 g/mol. The summed E-state index contributed by atoms with van der Waals surface area (Å²) in [5, 5.41) is 4.01. The smallest absolute Gasteiger partial charge is 0.211 e. The average Bonchev–Trinajstić information content (AvgIpc) is 2.17. The Morgan fingerprint density at radius 2 is 3.14 bits per heavy atom. The summed E-state index contributed by atoms with van der Waals surface area (Å²) in [6.45, 7) is 0.110. The molecule has 0 aliphatic rings. The van der Waals surface area contributed by atoms with Crippen LogP contribution < -0.4 is 0 Å². The summed E-state index contributed by atoms with van der Waals surface area (Å²) in [7, 11) is 0. The van der Waals surface area contributed by atoms with Crippen LogP contribution in [-0.2, 0) is 6.61 Å². The molecule has 2 heteroatoms. The highest BCUT2D eigenvalue weighted by atomic mass is 16.4. The molecular formula is C5H6O2. The van der Waals surface area contributed by atoms with Gasteiger partial charge in [-0.25, -0.2) is 0 Å². The second-order valence-electron chi connectivity index (χ2n) is 1.16. The zero-order valence-corrected chi connectivity index (χ0v) is 3.68. The lowest BCUT2D eigenvalue weighted by Crippen LogP contribution is -1.72. The van der Waals surface area contributed by atoms with E-state index in [2.05, 4.69) is 5.11 Å². The van der Waals surface area contributed by atoms with E-state index in [0.717, 1.165) is 0 Å². The van der Waals surface area contributed by atoms with Gasteiger partial charge in [-0.1, -0.05) is 0 Å². The van der Waals surface area contributed by atoms with Gasteiger partial charge in [0.1, 0.15) is 13.7 Å². The Morgan fingerprint density at radius 3 is 3.71 bits per heavy atom. The van der Waals surface area contributed by atoms with Crippen LogP contribution >= 0.6 is 0 Å². The third kappa shape index (κ3) is 0.810. The van der Waals surface area contributed by atoms with E-state index in [1.54, 1.807) is 6.07 Å². The molecule has 0 aromatic carbocycles. The van der Waals surface area contributed by atoms with Gasteiger partial charge in [0, 0.05) is 0 Å². The first kappa shape index (κ1) is 2.52. The molecule has 1 aromatic rings. The minimum atomic E-state index is 0.0991. The molecule has 0 aliphatic carbocycles. The van der Waals surface area contributed by atoms with Crippen molar-refractivity contribution in [1.82, 2.24) is 0 Å². The first-order valence-corrected chi connectivity index (χ1v) is 1.96. The van der Waals surface area contributed by atoms with Crippen LogP contribution in [0.25, 0.3) is 0 Å². The van der Waals surface area contributed by atoms with Gasteiger partial charge in [-0.05, 0) is 12.1 Å². The Hall–Kier alpha value is -0.760. The van der Waals surface area contributed by atoms with Crippen LogP contribution in [0.4, 0.5) is 0 Å². The number of hydrogen-bond donors (Lipinski definition) is 1. The molecule has 2 nitrogen and oxygen atoms in total. The third-order valence-electron chi connectivity index (χ3n) is 0.670. The monoisotopic (exact) mass is 100 g/mol. The van der Waals surface area contributed by atoms with E-state index in [1.165, 1.54) is 6.07 Å². The summed E-state index contributed by atoms with van der Waals surface area (Å²) in [5.41, 5.74) is 0. The Balaban J connectivity index is 2.61. The van der Waals surface area contributed by atoms with Crippen molar-refractivity contribution in [3.8, 4) is 0 Å². The molecule has 0 unspecified atom stereocenters. The lowest BCUT2D eigenvalue weighted by Gasteiger charge is -1.79. The molecule has 0 saturated carbocycles. The molecule has 0 radical (unpaired) electrons. The lowest BCUT2D eigenvalue weighted by molar-refractivity contribution is 0.247. The summed E-state index contributed by atoms with van der Waals surface area (Å²) in [6.07, 6.45) is 0.0991. The van der Waals surface area contributed by atoms with Crippen LogP contribution in [0.1, 0.15) is 7.13 Å². The van der Waals surface area contributed by atoms with Gasteiger partial charge in [-0.15, -0.1) is 0 Å². The summed E-state index contributed by atoms with van der Waals surface area (Å²) in [6, 6.07) is 3.12. The zero-order chi connectivity index (χ0) is 6.69. The van der Waals surface area contributed by atoms with E-state index < -0.39 is 0 Å². The molecule has 0 amide bonds. The molecule has 0 aliphatic heterocycles. The maximum absolute atomic E-state index is 6.91. The van der Waals surface area contributed by atoms with Crippen molar-refractivity contribution in [3.63, 3.8) is 0 Å². The third-order valence-corrected chi connectivity index (χ3v) is 0.670. The fourth-order valence-corrected chi connectivity index (χ4v) is 0.348. The predicted octanol–water partition coefficient (Wildman–Crippen LogP) is 0.772. The molecule has 1 aromatic heterocycles. The fourth-order valence-electron chi connectivity index (χ4n) is 0.348. The molecule has 1 heterocycles. The number of furan rings is 1. The summed E-state index contributed by atoms with van der Waals surface area (Å²) in [4.78, 5) is 0. The Labute approximate surface area is 44.3 Å². The minimum absolute atomic E-state index is 0.0991. The van der Waals surface area contributed by atoms with Crippen molar-refractivity contribution in [2.45, 2.75) is 6.61 Å². The van der Waals surface area contributed by atoms with Crippen molar-refractivity contribution in [2.24, 2.45) is 0 Å². The Kier molecular flexibility index (Phi) is 0.648. The first-order valence-electron chi connectivity index (χ1n) is 2.87. The van der Waals surface area contributed by atoms with Crippen molar-refractivity contribution in [3.05, 3.63) is 24.1 Å². The van der Waals surface area contributed by atoms with E-state index >= 15 is 0 Å². The highest BCUT2D eigenvalue weighted by Gasteiger charge is 1.85. The molecule has 38 valence electrons. The van der Waals surface area contributed by atoms with E-state index in [-0.39, 0.29) is 12.8 Å². The van der Waals surface area contributed by atoms with Crippen LogP contribution in [0.2, 0.25) is 0 Å². The van der Waals surface area contributed by atoms with Crippen LogP contribution in [0, 0.1) is 0 Å². The van der Waals surface area contributed by atoms with Gasteiger partial charge in [0.2, 0.25) is 1.43 Å². The van der Waals surface area contributed by atoms with Gasteiger partial charge in [-0.2, -0.15) is 0 Å². The van der Waals surface area contributed by atoms with Crippen molar-refractivity contribution in [2.75, 3.05) is 0 Å². The standard InChI is InChI=1S/C5H6O2/c6-4-5-2-1-3-7-5/h1-3,6H,4H2/i3D,6D. The van der Waals surface area contributed by atoms with Gasteiger partial charge >= 0.3 is 0 Å². The number of aliphatic hydroxyl groups excluding tert-OH is 1. The largest absolute Gasteiger partial charge is 0.467 e. The molecule has 0 atom stereocenters. The molecule has 0 bridgehead atoms. The van der Waals surface area contributed by atoms with Gasteiger partial charge in [-0.3, -0.25) is 0 Å².